The van der Waals surface area contributed by atoms with Gasteiger partial charge in [0.25, 0.3) is 5.91 Å². The molecule has 2 aromatic rings. The van der Waals surface area contributed by atoms with Gasteiger partial charge in [0.2, 0.25) is 0 Å². The average Bonchev–Trinajstić information content (AvgIpc) is 2.84. The second-order valence-corrected chi connectivity index (χ2v) is 6.07. The van der Waals surface area contributed by atoms with E-state index in [9.17, 15) is 9.59 Å². The first-order chi connectivity index (χ1) is 10.3. The van der Waals surface area contributed by atoms with E-state index in [1.807, 2.05) is 45.2 Å². The molecule has 0 aliphatic carbocycles. The fraction of sp³-hybridized carbons (Fsp3) is 0.250. The summed E-state index contributed by atoms with van der Waals surface area (Å²) in [6.45, 7) is 5.66. The summed E-state index contributed by atoms with van der Waals surface area (Å²) in [4.78, 5) is 26.6. The Morgan fingerprint density at radius 3 is 2.64 bits per heavy atom. The van der Waals surface area contributed by atoms with Crippen molar-refractivity contribution >= 4 is 28.5 Å². The molecule has 0 fully saturated rings. The van der Waals surface area contributed by atoms with E-state index in [4.69, 9.17) is 5.73 Å². The number of hydrogen-bond donors (Lipinski definition) is 4. The minimum Gasteiger partial charge on any atom is -0.401 e. The van der Waals surface area contributed by atoms with Crippen molar-refractivity contribution in [3.63, 3.8) is 0 Å². The highest BCUT2D eigenvalue weighted by atomic mass is 16.2. The quantitative estimate of drug-likeness (QED) is 0.641. The zero-order chi connectivity index (χ0) is 16.3. The summed E-state index contributed by atoms with van der Waals surface area (Å²) in [5.41, 5.74) is 7.45. The fourth-order valence-electron chi connectivity index (χ4n) is 1.80. The molecule has 3 amide bonds. The van der Waals surface area contributed by atoms with Crippen molar-refractivity contribution in [1.82, 2.24) is 10.3 Å². The van der Waals surface area contributed by atoms with Gasteiger partial charge in [-0.05, 0) is 24.3 Å². The highest BCUT2D eigenvalue weighted by Crippen LogP contribution is 2.20. The number of urea groups is 1. The summed E-state index contributed by atoms with van der Waals surface area (Å²) in [6.07, 6.45) is 3.05. The summed E-state index contributed by atoms with van der Waals surface area (Å²) in [5.74, 6) is -0.548. The van der Waals surface area contributed by atoms with Crippen LogP contribution in [0.4, 0.5) is 10.5 Å². The molecule has 116 valence electrons. The molecule has 0 aliphatic heterocycles. The number of carbonyl (C=O) groups excluding carboxylic acids is 2. The van der Waals surface area contributed by atoms with Gasteiger partial charge in [-0.15, -0.1) is 0 Å². The number of aromatic amines is 1. The van der Waals surface area contributed by atoms with Crippen molar-refractivity contribution in [2.45, 2.75) is 20.8 Å². The molecular formula is C16H20N4O2. The molecule has 5 N–H and O–H groups in total. The van der Waals surface area contributed by atoms with Gasteiger partial charge in [-0.3, -0.25) is 10.1 Å². The van der Waals surface area contributed by atoms with Gasteiger partial charge in [0.1, 0.15) is 0 Å². The molecule has 0 spiro atoms. The largest absolute Gasteiger partial charge is 0.401 e. The average molecular weight is 300 g/mol. The van der Waals surface area contributed by atoms with Crippen molar-refractivity contribution in [1.29, 1.82) is 0 Å². The lowest BCUT2D eigenvalue weighted by molar-refractivity contribution is -0.115. The van der Waals surface area contributed by atoms with Gasteiger partial charge in [-0.1, -0.05) is 20.8 Å². The van der Waals surface area contributed by atoms with Crippen LogP contribution in [-0.2, 0) is 4.79 Å². The number of H-pyrrole nitrogens is 1. The van der Waals surface area contributed by atoms with E-state index in [1.165, 1.54) is 6.08 Å². The number of nitrogens with one attached hydrogen (secondary N) is 3. The van der Waals surface area contributed by atoms with E-state index in [2.05, 4.69) is 15.6 Å². The molecule has 1 heterocycles. The van der Waals surface area contributed by atoms with Crippen LogP contribution in [0.15, 0.2) is 42.2 Å². The highest BCUT2D eigenvalue weighted by Gasteiger charge is 2.15. The molecule has 0 aliphatic rings. The first-order valence-electron chi connectivity index (χ1n) is 6.92. The summed E-state index contributed by atoms with van der Waals surface area (Å²) in [6, 6.07) is 6.72. The topological polar surface area (TPSA) is 100 Å². The number of hydrogen-bond acceptors (Lipinski definition) is 3. The summed E-state index contributed by atoms with van der Waals surface area (Å²) < 4.78 is 0. The highest BCUT2D eigenvalue weighted by molar-refractivity contribution is 6.05. The maximum atomic E-state index is 11.8. The Morgan fingerprint density at radius 1 is 1.23 bits per heavy atom. The Balaban J connectivity index is 1.99. The Morgan fingerprint density at radius 2 is 1.95 bits per heavy atom. The van der Waals surface area contributed by atoms with Crippen LogP contribution in [-0.4, -0.2) is 16.9 Å². The maximum Gasteiger partial charge on any atom is 0.326 e. The van der Waals surface area contributed by atoms with Gasteiger partial charge in [-0.2, -0.15) is 0 Å². The standard InChI is InChI=1S/C16H20N4O2/c1-16(2,3)13(17)9-14(21)20-15(22)19-11-4-5-12-10(8-11)6-7-18-12/h4-9,18H,17H2,1-3H3,(H2,19,20,21,22). The monoisotopic (exact) mass is 300 g/mol. The Labute approximate surface area is 128 Å². The van der Waals surface area contributed by atoms with E-state index in [-0.39, 0.29) is 5.41 Å². The molecule has 0 saturated carbocycles. The minimum atomic E-state index is -0.599. The molecule has 0 unspecified atom stereocenters. The van der Waals surface area contributed by atoms with Crippen LogP contribution in [0.1, 0.15) is 20.8 Å². The van der Waals surface area contributed by atoms with Crippen LogP contribution in [0.2, 0.25) is 0 Å². The molecule has 0 saturated heterocycles. The van der Waals surface area contributed by atoms with Crippen molar-refractivity contribution in [3.05, 3.63) is 42.2 Å². The van der Waals surface area contributed by atoms with Crippen molar-refractivity contribution < 1.29 is 9.59 Å². The smallest absolute Gasteiger partial charge is 0.326 e. The second-order valence-electron chi connectivity index (χ2n) is 6.07. The van der Waals surface area contributed by atoms with E-state index in [0.29, 0.717) is 11.4 Å². The number of aromatic nitrogens is 1. The lowest BCUT2D eigenvalue weighted by atomic mass is 9.92. The maximum absolute atomic E-state index is 11.8. The van der Waals surface area contributed by atoms with E-state index >= 15 is 0 Å². The lowest BCUT2D eigenvalue weighted by Gasteiger charge is -2.18. The van der Waals surface area contributed by atoms with Gasteiger partial charge in [0, 0.05) is 40.0 Å². The van der Waals surface area contributed by atoms with Crippen molar-refractivity contribution in [3.8, 4) is 0 Å². The van der Waals surface area contributed by atoms with Gasteiger partial charge < -0.3 is 16.0 Å². The SMILES string of the molecule is CC(C)(C)C(N)=CC(=O)NC(=O)Nc1ccc2[nH]ccc2c1. The van der Waals surface area contributed by atoms with Crippen LogP contribution in [0.25, 0.3) is 10.9 Å². The van der Waals surface area contributed by atoms with Gasteiger partial charge in [-0.25, -0.2) is 4.79 Å². The fourth-order valence-corrected chi connectivity index (χ4v) is 1.80. The third-order valence-electron chi connectivity index (χ3n) is 3.20. The number of anilines is 1. The van der Waals surface area contributed by atoms with Gasteiger partial charge >= 0.3 is 6.03 Å². The van der Waals surface area contributed by atoms with Crippen LogP contribution in [0.5, 0.6) is 0 Å². The summed E-state index contributed by atoms with van der Waals surface area (Å²) >= 11 is 0. The van der Waals surface area contributed by atoms with Crippen LogP contribution in [0, 0.1) is 5.41 Å². The number of nitrogens with two attached hydrogens (primary N) is 1. The molecule has 22 heavy (non-hydrogen) atoms. The number of carbonyl (C=O) groups is 2. The predicted octanol–water partition coefficient (Wildman–Crippen LogP) is 2.70. The van der Waals surface area contributed by atoms with Crippen LogP contribution >= 0.6 is 0 Å². The molecule has 1 aromatic heterocycles. The van der Waals surface area contributed by atoms with E-state index in [1.54, 1.807) is 6.07 Å². The van der Waals surface area contributed by atoms with Crippen LogP contribution in [0.3, 0.4) is 0 Å². The molecule has 0 bridgehead atoms. The zero-order valence-electron chi connectivity index (χ0n) is 12.9. The lowest BCUT2D eigenvalue weighted by Crippen LogP contribution is -2.34. The molecule has 1 aromatic carbocycles. The summed E-state index contributed by atoms with van der Waals surface area (Å²) in [5, 5.41) is 5.81. The molecule has 0 atom stereocenters. The third-order valence-corrected chi connectivity index (χ3v) is 3.20. The number of fused-ring (bicyclic) bond motifs is 1. The third kappa shape index (κ3) is 3.88. The van der Waals surface area contributed by atoms with E-state index in [0.717, 1.165) is 10.9 Å². The van der Waals surface area contributed by atoms with Crippen molar-refractivity contribution in [2.75, 3.05) is 5.32 Å². The first kappa shape index (κ1) is 15.6. The molecule has 6 nitrogen and oxygen atoms in total. The molecule has 0 radical (unpaired) electrons. The molecular weight excluding hydrogens is 280 g/mol. The number of rotatable bonds is 2. The Kier molecular flexibility index (Phi) is 4.21. The number of allylic oxidation sites excluding steroid dienone is 1. The summed E-state index contributed by atoms with van der Waals surface area (Å²) in [7, 11) is 0. The normalized spacial score (nSPS) is 12.2. The number of benzene rings is 1. The van der Waals surface area contributed by atoms with Crippen LogP contribution < -0.4 is 16.4 Å². The zero-order valence-corrected chi connectivity index (χ0v) is 12.9. The Hall–Kier alpha value is -2.76. The van der Waals surface area contributed by atoms with Crippen molar-refractivity contribution in [2.24, 2.45) is 11.1 Å². The Bertz CT molecular complexity index is 738. The molecule has 2 rings (SSSR count). The van der Waals surface area contributed by atoms with E-state index < -0.39 is 11.9 Å². The first-order valence-corrected chi connectivity index (χ1v) is 6.92. The number of amides is 3. The number of imide groups is 1. The second kappa shape index (κ2) is 5.93. The van der Waals surface area contributed by atoms with Gasteiger partial charge in [0.05, 0.1) is 0 Å². The minimum absolute atomic E-state index is 0.326. The van der Waals surface area contributed by atoms with Gasteiger partial charge in [0.15, 0.2) is 0 Å². The molecule has 6 heteroatoms. The predicted molar refractivity (Wildman–Crippen MR) is 87.2 cm³/mol.